The van der Waals surface area contributed by atoms with Crippen molar-refractivity contribution < 1.29 is 0 Å². The molecule has 1 spiro atoms. The highest BCUT2D eigenvalue weighted by molar-refractivity contribution is 5.96. The van der Waals surface area contributed by atoms with Gasteiger partial charge in [-0.15, -0.1) is 0 Å². The van der Waals surface area contributed by atoms with Gasteiger partial charge in [0.05, 0.1) is 5.41 Å². The maximum Gasteiger partial charge on any atom is 0.165 e. The summed E-state index contributed by atoms with van der Waals surface area (Å²) in [5.41, 5.74) is 17.3. The topological polar surface area (TPSA) is 51.6 Å². The molecule has 256 valence electrons. The van der Waals surface area contributed by atoms with Gasteiger partial charge in [-0.25, -0.2) is 15.0 Å². The van der Waals surface area contributed by atoms with E-state index in [0.717, 1.165) is 38.9 Å². The van der Waals surface area contributed by atoms with Crippen molar-refractivity contribution in [2.75, 3.05) is 0 Å². The van der Waals surface area contributed by atoms with Crippen molar-refractivity contribution in [2.45, 2.75) is 5.41 Å². The Balaban J connectivity index is 1.06. The van der Waals surface area contributed by atoms with Crippen LogP contribution in [0.25, 0.3) is 78.7 Å². The molecule has 0 aliphatic heterocycles. The molecule has 4 nitrogen and oxygen atoms in total. The van der Waals surface area contributed by atoms with Gasteiger partial charge in [-0.05, 0) is 97.1 Å². The molecule has 2 heterocycles. The zero-order valence-corrected chi connectivity index (χ0v) is 29.8. The van der Waals surface area contributed by atoms with Gasteiger partial charge in [0, 0.05) is 29.1 Å². The number of aromatic nitrogens is 4. The second-order valence-electron chi connectivity index (χ2n) is 14.2. The Morgan fingerprint density at radius 3 is 1.29 bits per heavy atom. The van der Waals surface area contributed by atoms with Crippen molar-refractivity contribution in [1.29, 1.82) is 0 Å². The van der Waals surface area contributed by atoms with Gasteiger partial charge in [-0.2, -0.15) is 0 Å². The van der Waals surface area contributed by atoms with E-state index < -0.39 is 5.41 Å². The summed E-state index contributed by atoms with van der Waals surface area (Å²) < 4.78 is 0. The van der Waals surface area contributed by atoms with Crippen molar-refractivity contribution >= 4 is 0 Å². The highest BCUT2D eigenvalue weighted by atomic mass is 15.0. The van der Waals surface area contributed by atoms with Gasteiger partial charge >= 0.3 is 0 Å². The average Bonchev–Trinajstić information content (AvgIpc) is 3.74. The summed E-state index contributed by atoms with van der Waals surface area (Å²) in [6.45, 7) is 0. The van der Waals surface area contributed by atoms with Gasteiger partial charge in [0.25, 0.3) is 0 Å². The smallest absolute Gasteiger partial charge is 0.165 e. The lowest BCUT2D eigenvalue weighted by Gasteiger charge is -2.30. The Hall–Kier alpha value is -7.30. The van der Waals surface area contributed by atoms with Crippen LogP contribution in [0.3, 0.4) is 0 Å². The van der Waals surface area contributed by atoms with Crippen molar-refractivity contribution in [1.82, 2.24) is 19.9 Å². The van der Waals surface area contributed by atoms with Gasteiger partial charge in [-0.1, -0.05) is 152 Å². The predicted octanol–water partition coefficient (Wildman–Crippen LogP) is 11.9. The van der Waals surface area contributed by atoms with Crippen LogP contribution in [-0.4, -0.2) is 19.9 Å². The molecular weight excluding hydrogens is 669 g/mol. The first-order valence-corrected chi connectivity index (χ1v) is 18.6. The summed E-state index contributed by atoms with van der Waals surface area (Å²) in [5, 5.41) is 0. The fourth-order valence-corrected chi connectivity index (χ4v) is 8.84. The van der Waals surface area contributed by atoms with E-state index in [1.54, 1.807) is 12.4 Å². The summed E-state index contributed by atoms with van der Waals surface area (Å²) in [7, 11) is 0. The normalized spacial score (nSPS) is 12.9. The molecule has 0 bridgehead atoms. The quantitative estimate of drug-likeness (QED) is 0.179. The summed E-state index contributed by atoms with van der Waals surface area (Å²) in [5.74, 6) is 1.81. The van der Waals surface area contributed by atoms with E-state index in [2.05, 4.69) is 169 Å². The molecule has 9 aromatic rings. The fourth-order valence-electron chi connectivity index (χ4n) is 8.84. The van der Waals surface area contributed by atoms with Crippen molar-refractivity contribution in [3.63, 3.8) is 0 Å². The molecule has 7 aromatic carbocycles. The van der Waals surface area contributed by atoms with Crippen LogP contribution in [-0.2, 0) is 5.41 Å². The van der Waals surface area contributed by atoms with E-state index in [-0.39, 0.29) is 0 Å². The van der Waals surface area contributed by atoms with Crippen LogP contribution in [0, 0.1) is 0 Å². The van der Waals surface area contributed by atoms with Crippen LogP contribution in [0.15, 0.2) is 194 Å². The molecule has 11 rings (SSSR count). The van der Waals surface area contributed by atoms with Crippen molar-refractivity contribution in [3.8, 4) is 78.7 Å². The zero-order valence-electron chi connectivity index (χ0n) is 29.8. The van der Waals surface area contributed by atoms with Crippen molar-refractivity contribution in [3.05, 3.63) is 217 Å². The third kappa shape index (κ3) is 4.85. The number of hydrogen-bond donors (Lipinski definition) is 0. The molecule has 4 heteroatoms. The number of hydrogen-bond acceptors (Lipinski definition) is 4. The number of fused-ring (bicyclic) bond motifs is 10. The number of rotatable bonds is 5. The Bertz CT molecular complexity index is 2870. The molecule has 0 unspecified atom stereocenters. The Morgan fingerprint density at radius 2 is 0.727 bits per heavy atom. The lowest BCUT2D eigenvalue weighted by Crippen LogP contribution is -2.25. The summed E-state index contributed by atoms with van der Waals surface area (Å²) >= 11 is 0. The number of benzene rings is 7. The highest BCUT2D eigenvalue weighted by Crippen LogP contribution is 2.63. The average molecular weight is 701 g/mol. The molecule has 55 heavy (non-hydrogen) atoms. The maximum atomic E-state index is 5.12. The monoisotopic (exact) mass is 700 g/mol. The Morgan fingerprint density at radius 1 is 0.291 bits per heavy atom. The summed E-state index contributed by atoms with van der Waals surface area (Å²) in [6, 6.07) is 65.1. The number of pyridine rings is 1. The third-order valence-corrected chi connectivity index (χ3v) is 11.2. The summed E-state index contributed by atoms with van der Waals surface area (Å²) in [4.78, 5) is 19.5. The first-order valence-electron chi connectivity index (χ1n) is 18.6. The van der Waals surface area contributed by atoms with Crippen LogP contribution in [0.5, 0.6) is 0 Å². The minimum atomic E-state index is -0.400. The van der Waals surface area contributed by atoms with Crippen LogP contribution >= 0.6 is 0 Å². The van der Waals surface area contributed by atoms with Crippen molar-refractivity contribution in [2.24, 2.45) is 0 Å². The molecule has 0 atom stereocenters. The van der Waals surface area contributed by atoms with Gasteiger partial charge in [0.2, 0.25) is 0 Å². The minimum Gasteiger partial charge on any atom is -0.264 e. The number of nitrogens with zero attached hydrogens (tertiary/aromatic N) is 4. The molecule has 2 aliphatic rings. The van der Waals surface area contributed by atoms with E-state index in [1.165, 1.54) is 44.5 Å². The second-order valence-corrected chi connectivity index (χ2v) is 14.2. The predicted molar refractivity (Wildman–Crippen MR) is 221 cm³/mol. The largest absolute Gasteiger partial charge is 0.264 e. The minimum absolute atomic E-state index is 0.400. The molecule has 2 aliphatic carbocycles. The Labute approximate surface area is 319 Å². The lowest BCUT2D eigenvalue weighted by atomic mass is 9.70. The van der Waals surface area contributed by atoms with Crippen LogP contribution in [0.1, 0.15) is 22.3 Å². The lowest BCUT2D eigenvalue weighted by molar-refractivity contribution is 0.794. The van der Waals surface area contributed by atoms with E-state index in [4.69, 9.17) is 15.0 Å². The first kappa shape index (κ1) is 31.2. The molecule has 0 saturated heterocycles. The van der Waals surface area contributed by atoms with Crippen LogP contribution in [0.2, 0.25) is 0 Å². The van der Waals surface area contributed by atoms with Crippen LogP contribution < -0.4 is 0 Å². The first-order chi connectivity index (χ1) is 27.3. The molecule has 0 radical (unpaired) electrons. The van der Waals surface area contributed by atoms with Gasteiger partial charge < -0.3 is 0 Å². The van der Waals surface area contributed by atoms with Gasteiger partial charge in [0.1, 0.15) is 0 Å². The third-order valence-electron chi connectivity index (χ3n) is 11.2. The zero-order chi connectivity index (χ0) is 36.3. The molecule has 0 amide bonds. The van der Waals surface area contributed by atoms with E-state index in [9.17, 15) is 0 Å². The Kier molecular flexibility index (Phi) is 7.04. The molecule has 0 fully saturated rings. The molecule has 0 N–H and O–H groups in total. The SMILES string of the molecule is c1ccc(-c2cccc(-c3nc(-c4cccnc4)nc(-c4cccc(-c5ccc6c(c5)C5(c7ccccc7-c7ccccc75)c5ccccc5-6)c4)n3)c2)cc1. The van der Waals surface area contributed by atoms with Gasteiger partial charge in [0.15, 0.2) is 17.5 Å². The standard InChI is InChI=1S/C51H32N4/c1-2-13-33(14-3-1)34-15-10-17-37(29-34)48-53-49(55-50(54-48)39-19-12-28-52-32-39)38-18-11-16-35(30-38)36-26-27-43-42-22-6-9-25-46(42)51(47(43)31-36)44-23-7-4-20-40(44)41-21-5-8-24-45(41)51/h1-32H. The summed E-state index contributed by atoms with van der Waals surface area (Å²) in [6.07, 6.45) is 3.57. The molecular formula is C51H32N4. The molecule has 0 saturated carbocycles. The molecule has 2 aromatic heterocycles. The fraction of sp³-hybridized carbons (Fsp3) is 0.0196. The van der Waals surface area contributed by atoms with Gasteiger partial charge in [-0.3, -0.25) is 4.98 Å². The van der Waals surface area contributed by atoms with E-state index >= 15 is 0 Å². The highest BCUT2D eigenvalue weighted by Gasteiger charge is 2.51. The second kappa shape index (κ2) is 12.4. The van der Waals surface area contributed by atoms with E-state index in [1.807, 2.05) is 18.2 Å². The van der Waals surface area contributed by atoms with E-state index in [0.29, 0.717) is 17.5 Å². The van der Waals surface area contributed by atoms with Crippen LogP contribution in [0.4, 0.5) is 0 Å². The maximum absolute atomic E-state index is 5.12.